The number of thioether (sulfide) groups is 1. The van der Waals surface area contributed by atoms with E-state index in [4.69, 9.17) is 9.15 Å². The van der Waals surface area contributed by atoms with Crippen LogP contribution in [0.2, 0.25) is 0 Å². The van der Waals surface area contributed by atoms with Crippen LogP contribution in [0.5, 0.6) is 5.75 Å². The van der Waals surface area contributed by atoms with Crippen LogP contribution >= 0.6 is 11.8 Å². The van der Waals surface area contributed by atoms with Crippen molar-refractivity contribution in [1.82, 2.24) is 15.1 Å². The number of ketones is 1. The molecule has 1 aliphatic heterocycles. The second-order valence-corrected chi connectivity index (χ2v) is 8.22. The minimum Gasteiger partial charge on any atom is -0.496 e. The molecule has 1 amide bonds. The van der Waals surface area contributed by atoms with Crippen LogP contribution in [0.4, 0.5) is 0 Å². The van der Waals surface area contributed by atoms with Gasteiger partial charge in [-0.05, 0) is 49.9 Å². The topological polar surface area (TPSA) is 85.5 Å². The van der Waals surface area contributed by atoms with Crippen molar-refractivity contribution in [2.24, 2.45) is 5.92 Å². The number of hydrogen-bond donors (Lipinski definition) is 0. The largest absolute Gasteiger partial charge is 0.496 e. The lowest BCUT2D eigenvalue weighted by Crippen LogP contribution is -2.43. The first-order chi connectivity index (χ1) is 13.9. The fourth-order valence-electron chi connectivity index (χ4n) is 3.72. The predicted molar refractivity (Wildman–Crippen MR) is 111 cm³/mol. The summed E-state index contributed by atoms with van der Waals surface area (Å²) in [5, 5.41) is 8.24. The smallest absolute Gasteiger partial charge is 0.277 e. The molecule has 156 valence electrons. The molecule has 1 atom stereocenters. The van der Waals surface area contributed by atoms with E-state index in [1.54, 1.807) is 12.0 Å². The Bertz CT molecular complexity index is 873. The van der Waals surface area contributed by atoms with Gasteiger partial charge in [-0.2, -0.15) is 0 Å². The number of Topliss-reactive ketones (excluding diaryl/α,β-unsaturated/α-hetero) is 1. The molecule has 3 rings (SSSR count). The van der Waals surface area contributed by atoms with Crippen molar-refractivity contribution in [3.63, 3.8) is 0 Å². The van der Waals surface area contributed by atoms with Gasteiger partial charge in [0, 0.05) is 31.0 Å². The molecular weight excluding hydrogens is 390 g/mol. The lowest BCUT2D eigenvalue weighted by atomic mass is 9.88. The maximum Gasteiger partial charge on any atom is 0.277 e. The molecule has 1 saturated heterocycles. The number of nitrogens with zero attached hydrogens (tertiary/aromatic N) is 3. The van der Waals surface area contributed by atoms with E-state index >= 15 is 0 Å². The van der Waals surface area contributed by atoms with Gasteiger partial charge in [-0.25, -0.2) is 0 Å². The van der Waals surface area contributed by atoms with Gasteiger partial charge in [0.15, 0.2) is 5.78 Å². The molecule has 1 aromatic carbocycles. The van der Waals surface area contributed by atoms with Gasteiger partial charge in [0.25, 0.3) is 5.22 Å². The molecule has 29 heavy (non-hydrogen) atoms. The van der Waals surface area contributed by atoms with Gasteiger partial charge in [-0.1, -0.05) is 18.7 Å². The Kier molecular flexibility index (Phi) is 6.95. The third-order valence-corrected chi connectivity index (χ3v) is 5.97. The first-order valence-corrected chi connectivity index (χ1v) is 10.8. The highest BCUT2D eigenvalue weighted by atomic mass is 32.2. The first-order valence-electron chi connectivity index (χ1n) is 9.85. The third-order valence-electron chi connectivity index (χ3n) is 5.16. The standard InChI is InChI=1S/C21H27N3O4S/c1-5-17-22-23-21(28-17)29-12-18(25)24-8-6-7-15(11-24)19(26)16-9-13(2)20(27-4)14(3)10-16/h9-10,15H,5-8,11-12H2,1-4H3/t15-/m1/s1. The minimum atomic E-state index is -0.181. The Hall–Kier alpha value is -2.35. The molecule has 1 aliphatic rings. The Morgan fingerprint density at radius 1 is 1.28 bits per heavy atom. The summed E-state index contributed by atoms with van der Waals surface area (Å²) >= 11 is 1.24. The van der Waals surface area contributed by atoms with Gasteiger partial charge in [0.1, 0.15) is 5.75 Å². The molecule has 0 N–H and O–H groups in total. The number of ether oxygens (including phenoxy) is 1. The number of likely N-dealkylation sites (tertiary alicyclic amines) is 1. The third kappa shape index (κ3) is 4.98. The summed E-state index contributed by atoms with van der Waals surface area (Å²) in [5.74, 6) is 1.51. The van der Waals surface area contributed by atoms with E-state index in [1.807, 2.05) is 32.9 Å². The zero-order valence-electron chi connectivity index (χ0n) is 17.4. The summed E-state index contributed by atoms with van der Waals surface area (Å²) < 4.78 is 10.8. The molecular formula is C21H27N3O4S. The van der Waals surface area contributed by atoms with Gasteiger partial charge < -0.3 is 14.1 Å². The number of amides is 1. The first kappa shape index (κ1) is 21.4. The number of hydrogen-bond acceptors (Lipinski definition) is 7. The van der Waals surface area contributed by atoms with Crippen molar-refractivity contribution >= 4 is 23.5 Å². The van der Waals surface area contributed by atoms with Crippen LogP contribution in [0.15, 0.2) is 21.8 Å². The predicted octanol–water partition coefficient (Wildman–Crippen LogP) is 3.47. The average molecular weight is 418 g/mol. The van der Waals surface area contributed by atoms with Crippen LogP contribution < -0.4 is 4.74 Å². The van der Waals surface area contributed by atoms with Crippen molar-refractivity contribution in [3.8, 4) is 5.75 Å². The fraction of sp³-hybridized carbons (Fsp3) is 0.524. The average Bonchev–Trinajstić information content (AvgIpc) is 3.19. The summed E-state index contributed by atoms with van der Waals surface area (Å²) in [7, 11) is 1.64. The molecule has 8 heteroatoms. The van der Waals surface area contributed by atoms with E-state index in [-0.39, 0.29) is 23.4 Å². The highest BCUT2D eigenvalue weighted by Gasteiger charge is 2.29. The Morgan fingerprint density at radius 3 is 2.62 bits per heavy atom. The number of benzene rings is 1. The van der Waals surface area contributed by atoms with Gasteiger partial charge in [0.2, 0.25) is 11.8 Å². The molecule has 0 bridgehead atoms. The van der Waals surface area contributed by atoms with Crippen LogP contribution in [-0.4, -0.2) is 52.7 Å². The summed E-state index contributed by atoms with van der Waals surface area (Å²) in [6, 6.07) is 3.76. The number of carbonyl (C=O) groups is 2. The second kappa shape index (κ2) is 9.43. The number of aromatic nitrogens is 2. The molecule has 0 aliphatic carbocycles. The molecule has 2 heterocycles. The fourth-order valence-corrected chi connectivity index (χ4v) is 4.41. The molecule has 1 fully saturated rings. The number of aryl methyl sites for hydroxylation is 3. The highest BCUT2D eigenvalue weighted by Crippen LogP contribution is 2.28. The maximum absolute atomic E-state index is 13.1. The van der Waals surface area contributed by atoms with Crippen molar-refractivity contribution < 1.29 is 18.7 Å². The number of rotatable bonds is 7. The van der Waals surface area contributed by atoms with Crippen LogP contribution in [-0.2, 0) is 11.2 Å². The summed E-state index contributed by atoms with van der Waals surface area (Å²) in [6.45, 7) is 6.94. The van der Waals surface area contributed by atoms with Crippen molar-refractivity contribution in [3.05, 3.63) is 34.7 Å². The Morgan fingerprint density at radius 2 is 2.00 bits per heavy atom. The molecule has 2 aromatic rings. The zero-order valence-corrected chi connectivity index (χ0v) is 18.2. The molecule has 0 spiro atoms. The van der Waals surface area contributed by atoms with Crippen molar-refractivity contribution in [1.29, 1.82) is 0 Å². The van der Waals surface area contributed by atoms with Crippen LogP contribution in [0.25, 0.3) is 0 Å². The van der Waals surface area contributed by atoms with Gasteiger partial charge in [-0.15, -0.1) is 10.2 Å². The van der Waals surface area contributed by atoms with Gasteiger partial charge in [0.05, 0.1) is 12.9 Å². The van der Waals surface area contributed by atoms with Gasteiger partial charge in [-0.3, -0.25) is 9.59 Å². The van der Waals surface area contributed by atoms with Gasteiger partial charge >= 0.3 is 0 Å². The number of methoxy groups -OCH3 is 1. The van der Waals surface area contributed by atoms with Crippen LogP contribution in [0.3, 0.4) is 0 Å². The summed E-state index contributed by atoms with van der Waals surface area (Å²) in [6.07, 6.45) is 2.28. The monoisotopic (exact) mass is 417 g/mol. The minimum absolute atomic E-state index is 0.00848. The number of piperidine rings is 1. The lowest BCUT2D eigenvalue weighted by Gasteiger charge is -2.32. The summed E-state index contributed by atoms with van der Waals surface area (Å²) in [4.78, 5) is 27.5. The normalized spacial score (nSPS) is 16.7. The lowest BCUT2D eigenvalue weighted by molar-refractivity contribution is -0.129. The zero-order chi connectivity index (χ0) is 21.0. The molecule has 0 radical (unpaired) electrons. The van der Waals surface area contributed by atoms with Crippen molar-refractivity contribution in [2.45, 2.75) is 45.3 Å². The molecule has 0 saturated carbocycles. The summed E-state index contributed by atoms with van der Waals surface area (Å²) in [5.41, 5.74) is 2.58. The van der Waals surface area contributed by atoms with E-state index < -0.39 is 0 Å². The maximum atomic E-state index is 13.1. The Balaban J connectivity index is 1.62. The molecule has 0 unspecified atom stereocenters. The van der Waals surface area contributed by atoms with Crippen LogP contribution in [0, 0.1) is 19.8 Å². The van der Waals surface area contributed by atoms with E-state index in [0.717, 1.165) is 29.7 Å². The molecule has 7 nitrogen and oxygen atoms in total. The van der Waals surface area contributed by atoms with E-state index in [1.165, 1.54) is 11.8 Å². The molecule has 1 aromatic heterocycles. The SMILES string of the molecule is CCc1nnc(SCC(=O)N2CCC[C@@H](C(=O)c3cc(C)c(OC)c(C)c3)C2)o1. The van der Waals surface area contributed by atoms with Crippen LogP contribution in [0.1, 0.15) is 47.1 Å². The second-order valence-electron chi connectivity index (χ2n) is 7.29. The highest BCUT2D eigenvalue weighted by molar-refractivity contribution is 7.99. The van der Waals surface area contributed by atoms with E-state index in [2.05, 4.69) is 10.2 Å². The van der Waals surface area contributed by atoms with Crippen molar-refractivity contribution in [2.75, 3.05) is 26.0 Å². The number of carbonyl (C=O) groups excluding carboxylic acids is 2. The Labute approximate surface area is 175 Å². The van der Waals surface area contributed by atoms with E-state index in [0.29, 0.717) is 36.2 Å². The van der Waals surface area contributed by atoms with E-state index in [9.17, 15) is 9.59 Å². The quantitative estimate of drug-likeness (QED) is 0.504.